The smallest absolute Gasteiger partial charge is 0.162 e. The fraction of sp³-hybridized carbons (Fsp3) is 0.688. The first kappa shape index (κ1) is 12.6. The molecule has 1 heteroatoms. The number of ketones is 1. The lowest BCUT2D eigenvalue weighted by Crippen LogP contribution is -2.42. The molecule has 0 spiro atoms. The zero-order valence-corrected chi connectivity index (χ0v) is 11.5. The first-order chi connectivity index (χ1) is 7.86. The minimum atomic E-state index is 0.0523. The maximum Gasteiger partial charge on any atom is 0.162 e. The van der Waals surface area contributed by atoms with Crippen molar-refractivity contribution in [3.05, 3.63) is 23.8 Å². The third kappa shape index (κ3) is 1.90. The third-order valence-electron chi connectivity index (χ3n) is 5.34. The van der Waals surface area contributed by atoms with Crippen LogP contribution in [0.5, 0.6) is 0 Å². The van der Waals surface area contributed by atoms with E-state index in [1.807, 2.05) is 13.0 Å². The quantitative estimate of drug-likeness (QED) is 0.621. The van der Waals surface area contributed by atoms with Crippen LogP contribution >= 0.6 is 0 Å². The van der Waals surface area contributed by atoms with Gasteiger partial charge >= 0.3 is 0 Å². The van der Waals surface area contributed by atoms with Crippen LogP contribution in [0.15, 0.2) is 23.8 Å². The van der Waals surface area contributed by atoms with Gasteiger partial charge in [0, 0.05) is 5.92 Å². The molecule has 0 radical (unpaired) electrons. The van der Waals surface area contributed by atoms with Crippen LogP contribution in [0.4, 0.5) is 0 Å². The molecule has 0 aliphatic heterocycles. The van der Waals surface area contributed by atoms with Crippen molar-refractivity contribution < 1.29 is 4.79 Å². The Hall–Kier alpha value is -0.850. The Kier molecular flexibility index (Phi) is 3.05. The Bertz CT molecular complexity index is 390. The van der Waals surface area contributed by atoms with Crippen LogP contribution in [-0.4, -0.2) is 5.78 Å². The fourth-order valence-corrected chi connectivity index (χ4v) is 3.61. The summed E-state index contributed by atoms with van der Waals surface area (Å²) in [5.74, 6) is 1.76. The molecule has 0 bridgehead atoms. The molecule has 0 heterocycles. The second-order valence-corrected chi connectivity index (χ2v) is 6.40. The zero-order chi connectivity index (χ0) is 12.8. The van der Waals surface area contributed by atoms with Gasteiger partial charge in [-0.1, -0.05) is 38.5 Å². The molecule has 0 amide bonds. The van der Waals surface area contributed by atoms with E-state index in [1.165, 1.54) is 12.0 Å². The molecule has 2 aliphatic rings. The van der Waals surface area contributed by atoms with Gasteiger partial charge in [0.15, 0.2) is 5.78 Å². The molecule has 1 nitrogen and oxygen atoms in total. The monoisotopic (exact) mass is 232 g/mol. The lowest BCUT2D eigenvalue weighted by molar-refractivity contribution is -0.119. The molecule has 2 rings (SSSR count). The van der Waals surface area contributed by atoms with Gasteiger partial charge in [0.2, 0.25) is 0 Å². The molecular formula is C16H24O. The number of hydrogen-bond acceptors (Lipinski definition) is 1. The molecule has 0 aromatic rings. The predicted octanol–water partition coefficient (Wildman–Crippen LogP) is 4.15. The van der Waals surface area contributed by atoms with Crippen molar-refractivity contribution in [2.75, 3.05) is 0 Å². The highest BCUT2D eigenvalue weighted by molar-refractivity contribution is 5.95. The summed E-state index contributed by atoms with van der Waals surface area (Å²) in [6.45, 7) is 13.0. The molecular weight excluding hydrogens is 208 g/mol. The third-order valence-corrected chi connectivity index (χ3v) is 5.34. The molecule has 17 heavy (non-hydrogen) atoms. The largest absolute Gasteiger partial charge is 0.294 e. The van der Waals surface area contributed by atoms with Crippen LogP contribution in [0.25, 0.3) is 0 Å². The minimum Gasteiger partial charge on any atom is -0.294 e. The summed E-state index contributed by atoms with van der Waals surface area (Å²) in [6, 6.07) is 0. The lowest BCUT2D eigenvalue weighted by atomic mass is 9.55. The molecule has 0 unspecified atom stereocenters. The Balaban J connectivity index is 2.39. The van der Waals surface area contributed by atoms with E-state index in [4.69, 9.17) is 0 Å². The van der Waals surface area contributed by atoms with Crippen molar-refractivity contribution in [3.8, 4) is 0 Å². The van der Waals surface area contributed by atoms with Gasteiger partial charge in [0.05, 0.1) is 0 Å². The van der Waals surface area contributed by atoms with E-state index in [0.29, 0.717) is 5.92 Å². The highest BCUT2D eigenvalue weighted by Crippen LogP contribution is 2.53. The lowest BCUT2D eigenvalue weighted by Gasteiger charge is -2.49. The normalized spacial score (nSPS) is 41.8. The van der Waals surface area contributed by atoms with Crippen LogP contribution < -0.4 is 0 Å². The van der Waals surface area contributed by atoms with E-state index in [1.54, 1.807) is 0 Å². The average molecular weight is 232 g/mol. The fourth-order valence-electron chi connectivity index (χ4n) is 3.61. The van der Waals surface area contributed by atoms with Gasteiger partial charge in [0.1, 0.15) is 0 Å². The number of carbonyl (C=O) groups is 1. The molecule has 0 N–H and O–H groups in total. The van der Waals surface area contributed by atoms with E-state index >= 15 is 0 Å². The standard InChI is InChI=1S/C16H24O/c1-10(2)14-9-16(5)12(4)11(3)6-7-13(16)8-15(14)17/h8,11-12,14H,1,6-7,9H2,2-5H3/t11-,12+,14-,16-/m1/s1. The summed E-state index contributed by atoms with van der Waals surface area (Å²) in [4.78, 5) is 12.1. The summed E-state index contributed by atoms with van der Waals surface area (Å²) in [5.41, 5.74) is 2.64. The van der Waals surface area contributed by atoms with Crippen LogP contribution in [0.1, 0.15) is 47.0 Å². The topological polar surface area (TPSA) is 17.1 Å². The van der Waals surface area contributed by atoms with Crippen molar-refractivity contribution in [3.63, 3.8) is 0 Å². The van der Waals surface area contributed by atoms with Crippen LogP contribution in [0, 0.1) is 23.2 Å². The average Bonchev–Trinajstić information content (AvgIpc) is 2.26. The SMILES string of the molecule is C=C(C)[C@H]1C[C@@]2(C)C(=CC1=O)CC[C@@H](C)[C@@H]2C. The molecule has 0 aromatic carbocycles. The Labute approximate surface area is 105 Å². The van der Waals surface area contributed by atoms with Gasteiger partial charge in [-0.15, -0.1) is 0 Å². The van der Waals surface area contributed by atoms with Crippen molar-refractivity contribution >= 4 is 5.78 Å². The van der Waals surface area contributed by atoms with Gasteiger partial charge in [-0.05, 0) is 49.5 Å². The van der Waals surface area contributed by atoms with Gasteiger partial charge in [-0.2, -0.15) is 0 Å². The number of allylic oxidation sites excluding steroid dienone is 3. The maximum atomic E-state index is 12.1. The van der Waals surface area contributed by atoms with Crippen LogP contribution in [0.3, 0.4) is 0 Å². The van der Waals surface area contributed by atoms with E-state index < -0.39 is 0 Å². The summed E-state index contributed by atoms with van der Waals surface area (Å²) in [5, 5.41) is 0. The van der Waals surface area contributed by atoms with E-state index in [0.717, 1.165) is 24.3 Å². The second kappa shape index (κ2) is 4.12. The molecule has 94 valence electrons. The summed E-state index contributed by atoms with van der Waals surface area (Å²) < 4.78 is 0. The van der Waals surface area contributed by atoms with Gasteiger partial charge in [0.25, 0.3) is 0 Å². The minimum absolute atomic E-state index is 0.0523. The van der Waals surface area contributed by atoms with Gasteiger partial charge < -0.3 is 0 Å². The van der Waals surface area contributed by atoms with Gasteiger partial charge in [-0.3, -0.25) is 4.79 Å². The summed E-state index contributed by atoms with van der Waals surface area (Å²) >= 11 is 0. The van der Waals surface area contributed by atoms with Crippen LogP contribution in [-0.2, 0) is 4.79 Å². The summed E-state index contributed by atoms with van der Waals surface area (Å²) in [6.07, 6.45) is 5.24. The molecule has 1 fully saturated rings. The molecule has 1 saturated carbocycles. The molecule has 4 atom stereocenters. The van der Waals surface area contributed by atoms with E-state index in [2.05, 4.69) is 27.4 Å². The number of rotatable bonds is 1. The van der Waals surface area contributed by atoms with Crippen molar-refractivity contribution in [1.82, 2.24) is 0 Å². The number of fused-ring (bicyclic) bond motifs is 1. The highest BCUT2D eigenvalue weighted by atomic mass is 16.1. The zero-order valence-electron chi connectivity index (χ0n) is 11.5. The highest BCUT2D eigenvalue weighted by Gasteiger charge is 2.46. The van der Waals surface area contributed by atoms with Crippen molar-refractivity contribution in [2.45, 2.75) is 47.0 Å². The first-order valence-electron chi connectivity index (χ1n) is 6.76. The Morgan fingerprint density at radius 1 is 1.47 bits per heavy atom. The summed E-state index contributed by atoms with van der Waals surface area (Å²) in [7, 11) is 0. The molecule has 0 saturated heterocycles. The first-order valence-corrected chi connectivity index (χ1v) is 6.76. The Morgan fingerprint density at radius 2 is 2.12 bits per heavy atom. The van der Waals surface area contributed by atoms with Crippen molar-refractivity contribution in [1.29, 1.82) is 0 Å². The van der Waals surface area contributed by atoms with Gasteiger partial charge in [-0.25, -0.2) is 0 Å². The Morgan fingerprint density at radius 3 is 2.71 bits per heavy atom. The number of carbonyl (C=O) groups excluding carboxylic acids is 1. The van der Waals surface area contributed by atoms with Crippen molar-refractivity contribution in [2.24, 2.45) is 23.2 Å². The second-order valence-electron chi connectivity index (χ2n) is 6.40. The molecule has 0 aromatic heterocycles. The van der Waals surface area contributed by atoms with E-state index in [9.17, 15) is 4.79 Å². The number of hydrogen-bond donors (Lipinski definition) is 0. The van der Waals surface area contributed by atoms with Crippen LogP contribution in [0.2, 0.25) is 0 Å². The molecule has 2 aliphatic carbocycles. The van der Waals surface area contributed by atoms with E-state index in [-0.39, 0.29) is 17.1 Å². The maximum absolute atomic E-state index is 12.1. The predicted molar refractivity (Wildman–Crippen MR) is 71.7 cm³/mol.